The molecule has 17 heavy (non-hydrogen) atoms. The maximum Gasteiger partial charge on any atom is 0.332 e. The van der Waals surface area contributed by atoms with Crippen molar-refractivity contribution >= 4 is 5.97 Å². The van der Waals surface area contributed by atoms with Crippen LogP contribution in [-0.4, -0.2) is 25.8 Å². The van der Waals surface area contributed by atoms with Gasteiger partial charge in [-0.15, -0.1) is 0 Å². The van der Waals surface area contributed by atoms with Gasteiger partial charge in [0.2, 0.25) is 0 Å². The van der Waals surface area contributed by atoms with Gasteiger partial charge >= 0.3 is 5.97 Å². The van der Waals surface area contributed by atoms with Gasteiger partial charge in [0.25, 0.3) is 0 Å². The molecule has 0 N–H and O–H groups in total. The molecule has 2 aliphatic rings. The highest BCUT2D eigenvalue weighted by molar-refractivity contribution is 5.70. The third kappa shape index (κ3) is 4.50. The molecule has 2 unspecified atom stereocenters. The Morgan fingerprint density at radius 3 is 2.71 bits per heavy atom. The van der Waals surface area contributed by atoms with Gasteiger partial charge in [-0.25, -0.2) is 4.79 Å². The maximum atomic E-state index is 11.4. The lowest BCUT2D eigenvalue weighted by molar-refractivity contribution is -0.151. The Balaban J connectivity index is 1.56. The van der Waals surface area contributed by atoms with Crippen LogP contribution >= 0.6 is 0 Å². The lowest BCUT2D eigenvalue weighted by atomic mass is 9.85. The minimum atomic E-state index is -0.215. The Morgan fingerprint density at radius 2 is 2.00 bits per heavy atom. The van der Waals surface area contributed by atoms with Gasteiger partial charge in [-0.1, -0.05) is 19.1 Å². The second-order valence-electron chi connectivity index (χ2n) is 5.32. The number of esters is 1. The van der Waals surface area contributed by atoms with E-state index in [1.807, 2.05) is 0 Å². The quantitative estimate of drug-likeness (QED) is 0.527. The molecule has 0 saturated heterocycles. The Labute approximate surface area is 103 Å². The smallest absolute Gasteiger partial charge is 0.332 e. The summed E-state index contributed by atoms with van der Waals surface area (Å²) in [7, 11) is 0. The number of carbonyl (C=O) groups is 1. The number of hydrogen-bond donors (Lipinski definition) is 0. The molecule has 0 amide bonds. The summed E-state index contributed by atoms with van der Waals surface area (Å²) in [4.78, 5) is 11.4. The van der Waals surface area contributed by atoms with E-state index in [0.717, 1.165) is 19.4 Å². The van der Waals surface area contributed by atoms with Crippen molar-refractivity contribution in [1.29, 1.82) is 0 Å². The first kappa shape index (κ1) is 12.6. The van der Waals surface area contributed by atoms with Crippen LogP contribution in [0.4, 0.5) is 0 Å². The van der Waals surface area contributed by atoms with E-state index in [1.165, 1.54) is 12.8 Å². The number of rotatable bonds is 6. The number of ether oxygens (including phenoxy) is 2. The third-order valence-corrected chi connectivity index (χ3v) is 3.65. The summed E-state index contributed by atoms with van der Waals surface area (Å²) in [6.45, 7) is 3.59. The van der Waals surface area contributed by atoms with Crippen molar-refractivity contribution in [1.82, 2.24) is 0 Å². The zero-order valence-corrected chi connectivity index (χ0v) is 10.6. The first-order valence-corrected chi connectivity index (χ1v) is 6.64. The molecule has 2 aliphatic carbocycles. The molecule has 1 saturated carbocycles. The second kappa shape index (κ2) is 6.20. The summed E-state index contributed by atoms with van der Waals surface area (Å²) in [5.41, 5.74) is 0. The average molecular weight is 238 g/mol. The molecule has 0 heterocycles. The molecule has 0 aliphatic heterocycles. The zero-order chi connectivity index (χ0) is 12.1. The van der Waals surface area contributed by atoms with Gasteiger partial charge in [0.15, 0.2) is 0 Å². The van der Waals surface area contributed by atoms with Gasteiger partial charge in [0, 0.05) is 0 Å². The topological polar surface area (TPSA) is 35.5 Å². The van der Waals surface area contributed by atoms with Gasteiger partial charge < -0.3 is 9.47 Å². The fraction of sp³-hybridized carbons (Fsp3) is 0.786. The first-order chi connectivity index (χ1) is 8.25. The largest absolute Gasteiger partial charge is 0.464 e. The lowest BCUT2D eigenvalue weighted by Gasteiger charge is -2.24. The van der Waals surface area contributed by atoms with Gasteiger partial charge in [-0.2, -0.15) is 0 Å². The molecule has 1 fully saturated rings. The van der Waals surface area contributed by atoms with E-state index < -0.39 is 0 Å². The lowest BCUT2D eigenvalue weighted by Crippen LogP contribution is -2.23. The summed E-state index contributed by atoms with van der Waals surface area (Å²) in [5, 5.41) is 0. The normalized spacial score (nSPS) is 28.1. The summed E-state index contributed by atoms with van der Waals surface area (Å²) in [5.74, 6) is 1.58. The first-order valence-electron chi connectivity index (χ1n) is 6.64. The highest BCUT2D eigenvalue weighted by atomic mass is 16.6. The highest BCUT2D eigenvalue weighted by Gasteiger charge is 2.22. The SMILES string of the molecule is CC1CC=CCC1COC(=O)COCC1CC1. The second-order valence-corrected chi connectivity index (χ2v) is 5.32. The standard InChI is InChI=1S/C14H22O3/c1-11-4-2-3-5-13(11)9-17-14(15)10-16-8-12-6-7-12/h2-3,11-13H,4-10H2,1H3. The molecule has 0 radical (unpaired) electrons. The summed E-state index contributed by atoms with van der Waals surface area (Å²) < 4.78 is 10.6. The predicted octanol–water partition coefficient (Wildman–Crippen LogP) is 2.56. The van der Waals surface area contributed by atoms with Crippen LogP contribution < -0.4 is 0 Å². The third-order valence-electron chi connectivity index (χ3n) is 3.65. The summed E-state index contributed by atoms with van der Waals surface area (Å²) >= 11 is 0. The van der Waals surface area contributed by atoms with Crippen LogP contribution in [0.2, 0.25) is 0 Å². The molecule has 0 bridgehead atoms. The molecule has 0 spiro atoms. The number of hydrogen-bond acceptors (Lipinski definition) is 3. The van der Waals surface area contributed by atoms with Gasteiger partial charge in [-0.05, 0) is 43.4 Å². The van der Waals surface area contributed by atoms with Crippen molar-refractivity contribution in [2.45, 2.75) is 32.6 Å². The number of allylic oxidation sites excluding steroid dienone is 2. The zero-order valence-electron chi connectivity index (χ0n) is 10.6. The van der Waals surface area contributed by atoms with E-state index in [-0.39, 0.29) is 12.6 Å². The van der Waals surface area contributed by atoms with E-state index in [2.05, 4.69) is 19.1 Å². The summed E-state index contributed by atoms with van der Waals surface area (Å²) in [6, 6.07) is 0. The molecule has 3 nitrogen and oxygen atoms in total. The predicted molar refractivity (Wildman–Crippen MR) is 65.5 cm³/mol. The van der Waals surface area contributed by atoms with Crippen molar-refractivity contribution in [2.24, 2.45) is 17.8 Å². The van der Waals surface area contributed by atoms with Crippen molar-refractivity contribution in [3.63, 3.8) is 0 Å². The minimum absolute atomic E-state index is 0.118. The minimum Gasteiger partial charge on any atom is -0.464 e. The molecule has 96 valence electrons. The fourth-order valence-corrected chi connectivity index (χ4v) is 2.07. The van der Waals surface area contributed by atoms with Gasteiger partial charge in [0.1, 0.15) is 6.61 Å². The van der Waals surface area contributed by atoms with Crippen LogP contribution in [0.5, 0.6) is 0 Å². The van der Waals surface area contributed by atoms with Crippen LogP contribution in [-0.2, 0) is 14.3 Å². The van der Waals surface area contributed by atoms with Crippen LogP contribution in [0.25, 0.3) is 0 Å². The van der Waals surface area contributed by atoms with Crippen molar-refractivity contribution in [3.05, 3.63) is 12.2 Å². The Bertz CT molecular complexity index is 281. The van der Waals surface area contributed by atoms with Crippen LogP contribution in [0.15, 0.2) is 12.2 Å². The average Bonchev–Trinajstić information content (AvgIpc) is 3.12. The van der Waals surface area contributed by atoms with Gasteiger partial charge in [0.05, 0.1) is 13.2 Å². The number of carbonyl (C=O) groups excluding carboxylic acids is 1. The monoisotopic (exact) mass is 238 g/mol. The Kier molecular flexibility index (Phi) is 4.60. The molecule has 2 atom stereocenters. The molecular weight excluding hydrogens is 216 g/mol. The molecule has 0 aromatic carbocycles. The van der Waals surface area contributed by atoms with Crippen molar-refractivity contribution in [2.75, 3.05) is 19.8 Å². The van der Waals surface area contributed by atoms with E-state index in [4.69, 9.17) is 9.47 Å². The highest BCUT2D eigenvalue weighted by Crippen LogP contribution is 2.28. The molecule has 0 aromatic rings. The van der Waals surface area contributed by atoms with Crippen LogP contribution in [0, 0.1) is 17.8 Å². The van der Waals surface area contributed by atoms with Crippen LogP contribution in [0.1, 0.15) is 32.6 Å². The Morgan fingerprint density at radius 1 is 1.24 bits per heavy atom. The van der Waals surface area contributed by atoms with E-state index in [9.17, 15) is 4.79 Å². The molecular formula is C14H22O3. The Hall–Kier alpha value is -0.830. The molecule has 2 rings (SSSR count). The van der Waals surface area contributed by atoms with Crippen molar-refractivity contribution in [3.8, 4) is 0 Å². The fourth-order valence-electron chi connectivity index (χ4n) is 2.07. The summed E-state index contributed by atoms with van der Waals surface area (Å²) in [6.07, 6.45) is 9.02. The maximum absolute atomic E-state index is 11.4. The van der Waals surface area contributed by atoms with E-state index >= 15 is 0 Å². The van der Waals surface area contributed by atoms with Crippen molar-refractivity contribution < 1.29 is 14.3 Å². The molecule has 3 heteroatoms. The van der Waals surface area contributed by atoms with E-state index in [0.29, 0.717) is 24.4 Å². The molecule has 0 aromatic heterocycles. The van der Waals surface area contributed by atoms with E-state index in [1.54, 1.807) is 0 Å². The van der Waals surface area contributed by atoms with Crippen LogP contribution in [0.3, 0.4) is 0 Å². The van der Waals surface area contributed by atoms with Gasteiger partial charge in [-0.3, -0.25) is 0 Å².